The molecule has 1 amide bonds. The first kappa shape index (κ1) is 17.7. The summed E-state index contributed by atoms with van der Waals surface area (Å²) in [6.07, 6.45) is 4.45. The Hall–Kier alpha value is -2.73. The van der Waals surface area contributed by atoms with E-state index in [-0.39, 0.29) is 12.0 Å². The maximum absolute atomic E-state index is 13.4. The number of pyridine rings is 1. The van der Waals surface area contributed by atoms with Crippen molar-refractivity contribution in [1.29, 1.82) is 0 Å². The minimum atomic E-state index is -0.0627. The number of carbonyl (C=O) groups excluding carboxylic acids is 1. The van der Waals surface area contributed by atoms with E-state index in [9.17, 15) is 4.79 Å². The standard InChI is InChI=1S/C21H24N4O2/c1-15-6-3-7-18-19(12-16(2)23-20(15)18)21(26)24-9-5-11-27-17(13-24)14-25-10-4-8-22-25/h3-4,6-8,10,12,17H,5,9,11,13-14H2,1-2H3. The number of ether oxygens (including phenoxy) is 1. The van der Waals surface area contributed by atoms with Crippen molar-refractivity contribution in [2.45, 2.75) is 32.9 Å². The van der Waals surface area contributed by atoms with Crippen molar-refractivity contribution < 1.29 is 9.53 Å². The SMILES string of the molecule is Cc1cc(C(=O)N2CCCOC(Cn3cccn3)C2)c2cccc(C)c2n1. The molecule has 1 fully saturated rings. The molecule has 0 aliphatic carbocycles. The van der Waals surface area contributed by atoms with Crippen LogP contribution in [-0.4, -0.2) is 51.4 Å². The number of aromatic nitrogens is 3. The summed E-state index contributed by atoms with van der Waals surface area (Å²) in [6.45, 7) is 6.53. The van der Waals surface area contributed by atoms with Gasteiger partial charge in [0.1, 0.15) is 0 Å². The summed E-state index contributed by atoms with van der Waals surface area (Å²) >= 11 is 0. The van der Waals surface area contributed by atoms with E-state index >= 15 is 0 Å². The van der Waals surface area contributed by atoms with Crippen LogP contribution in [0.2, 0.25) is 0 Å². The molecule has 0 bridgehead atoms. The second kappa shape index (κ2) is 7.48. The average molecular weight is 364 g/mol. The van der Waals surface area contributed by atoms with Crippen molar-refractivity contribution in [1.82, 2.24) is 19.7 Å². The molecule has 140 valence electrons. The maximum Gasteiger partial charge on any atom is 0.254 e. The summed E-state index contributed by atoms with van der Waals surface area (Å²) in [4.78, 5) is 20.0. The van der Waals surface area contributed by atoms with Gasteiger partial charge >= 0.3 is 0 Å². The van der Waals surface area contributed by atoms with Gasteiger partial charge < -0.3 is 9.64 Å². The Kier molecular flexibility index (Phi) is 4.90. The predicted molar refractivity (Wildman–Crippen MR) is 104 cm³/mol. The Balaban J connectivity index is 1.63. The number of rotatable bonds is 3. The van der Waals surface area contributed by atoms with Gasteiger partial charge in [-0.2, -0.15) is 5.10 Å². The fourth-order valence-electron chi connectivity index (χ4n) is 3.67. The third kappa shape index (κ3) is 3.71. The van der Waals surface area contributed by atoms with Crippen molar-refractivity contribution in [3.8, 4) is 0 Å². The lowest BCUT2D eigenvalue weighted by atomic mass is 10.0. The number of fused-ring (bicyclic) bond motifs is 1. The van der Waals surface area contributed by atoms with Gasteiger partial charge in [0, 0.05) is 43.2 Å². The van der Waals surface area contributed by atoms with Crippen LogP contribution in [0.5, 0.6) is 0 Å². The molecule has 1 aliphatic heterocycles. The normalized spacial score (nSPS) is 17.9. The number of carbonyl (C=O) groups is 1. The van der Waals surface area contributed by atoms with Crippen LogP contribution >= 0.6 is 0 Å². The molecule has 3 aromatic rings. The van der Waals surface area contributed by atoms with Gasteiger partial charge in [0.2, 0.25) is 0 Å². The molecule has 0 N–H and O–H groups in total. The van der Waals surface area contributed by atoms with Crippen molar-refractivity contribution in [3.63, 3.8) is 0 Å². The van der Waals surface area contributed by atoms with Crippen molar-refractivity contribution in [2.24, 2.45) is 0 Å². The summed E-state index contributed by atoms with van der Waals surface area (Å²) in [6, 6.07) is 9.80. The highest BCUT2D eigenvalue weighted by Gasteiger charge is 2.25. The molecule has 3 heterocycles. The van der Waals surface area contributed by atoms with Crippen molar-refractivity contribution in [2.75, 3.05) is 19.7 Å². The third-order valence-corrected chi connectivity index (χ3v) is 4.99. The third-order valence-electron chi connectivity index (χ3n) is 4.99. The topological polar surface area (TPSA) is 60.2 Å². The summed E-state index contributed by atoms with van der Waals surface area (Å²) in [5.74, 6) is 0.0482. The van der Waals surface area contributed by atoms with Gasteiger partial charge in [-0.15, -0.1) is 0 Å². The number of benzene rings is 1. The summed E-state index contributed by atoms with van der Waals surface area (Å²) in [5.41, 5.74) is 3.57. The number of nitrogens with zero attached hydrogens (tertiary/aromatic N) is 4. The number of hydrogen-bond donors (Lipinski definition) is 0. The van der Waals surface area contributed by atoms with E-state index < -0.39 is 0 Å². The highest BCUT2D eigenvalue weighted by atomic mass is 16.5. The van der Waals surface area contributed by atoms with Gasteiger partial charge in [0.05, 0.1) is 23.7 Å². The minimum Gasteiger partial charge on any atom is -0.374 e. The van der Waals surface area contributed by atoms with E-state index in [0.717, 1.165) is 34.1 Å². The molecule has 1 aromatic carbocycles. The first-order valence-electron chi connectivity index (χ1n) is 9.37. The zero-order chi connectivity index (χ0) is 18.8. The number of hydrogen-bond acceptors (Lipinski definition) is 4. The molecule has 4 rings (SSSR count). The fraction of sp³-hybridized carbons (Fsp3) is 0.381. The highest BCUT2D eigenvalue weighted by Crippen LogP contribution is 2.23. The van der Waals surface area contributed by atoms with Crippen LogP contribution in [0.1, 0.15) is 28.0 Å². The van der Waals surface area contributed by atoms with E-state index in [1.807, 2.05) is 60.0 Å². The van der Waals surface area contributed by atoms with Crippen LogP contribution in [-0.2, 0) is 11.3 Å². The lowest BCUT2D eigenvalue weighted by molar-refractivity contribution is 0.0368. The predicted octanol–water partition coefficient (Wildman–Crippen LogP) is 2.98. The summed E-state index contributed by atoms with van der Waals surface area (Å²) in [7, 11) is 0. The van der Waals surface area contributed by atoms with E-state index in [2.05, 4.69) is 10.1 Å². The van der Waals surface area contributed by atoms with Crippen LogP contribution < -0.4 is 0 Å². The molecule has 27 heavy (non-hydrogen) atoms. The number of aryl methyl sites for hydroxylation is 2. The smallest absolute Gasteiger partial charge is 0.254 e. The maximum atomic E-state index is 13.4. The van der Waals surface area contributed by atoms with Crippen molar-refractivity contribution in [3.05, 3.63) is 59.5 Å². The molecule has 2 aromatic heterocycles. The molecule has 1 saturated heterocycles. The van der Waals surface area contributed by atoms with Crippen molar-refractivity contribution >= 4 is 16.8 Å². The molecule has 0 radical (unpaired) electrons. The van der Waals surface area contributed by atoms with Crippen LogP contribution in [0.15, 0.2) is 42.7 Å². The Morgan fingerprint density at radius 1 is 1.30 bits per heavy atom. The van der Waals surface area contributed by atoms with Gasteiger partial charge in [-0.1, -0.05) is 18.2 Å². The largest absolute Gasteiger partial charge is 0.374 e. The van der Waals surface area contributed by atoms with E-state index in [0.29, 0.717) is 26.2 Å². The van der Waals surface area contributed by atoms with E-state index in [1.165, 1.54) is 0 Å². The average Bonchev–Trinajstić information content (AvgIpc) is 3.05. The van der Waals surface area contributed by atoms with Gasteiger partial charge in [0.25, 0.3) is 5.91 Å². The molecular weight excluding hydrogens is 340 g/mol. The minimum absolute atomic E-state index is 0.0482. The zero-order valence-corrected chi connectivity index (χ0v) is 15.8. The zero-order valence-electron chi connectivity index (χ0n) is 15.8. The molecule has 1 unspecified atom stereocenters. The lowest BCUT2D eigenvalue weighted by Crippen LogP contribution is -2.38. The molecule has 6 heteroatoms. The number of para-hydroxylation sites is 1. The number of amides is 1. The Morgan fingerprint density at radius 2 is 2.19 bits per heavy atom. The Labute approximate surface area is 158 Å². The van der Waals surface area contributed by atoms with E-state index in [1.54, 1.807) is 6.20 Å². The molecule has 1 aliphatic rings. The first-order valence-corrected chi connectivity index (χ1v) is 9.37. The summed E-state index contributed by atoms with van der Waals surface area (Å²) < 4.78 is 7.81. The second-order valence-corrected chi connectivity index (χ2v) is 7.11. The highest BCUT2D eigenvalue weighted by molar-refractivity contribution is 6.06. The molecule has 0 saturated carbocycles. The van der Waals surface area contributed by atoms with Crippen LogP contribution in [0.3, 0.4) is 0 Å². The summed E-state index contributed by atoms with van der Waals surface area (Å²) in [5, 5.41) is 5.17. The first-order chi connectivity index (χ1) is 13.1. The van der Waals surface area contributed by atoms with Crippen LogP contribution in [0.4, 0.5) is 0 Å². The molecule has 6 nitrogen and oxygen atoms in total. The quantitative estimate of drug-likeness (QED) is 0.717. The van der Waals surface area contributed by atoms with Gasteiger partial charge in [0.15, 0.2) is 0 Å². The molecule has 0 spiro atoms. The molecule has 1 atom stereocenters. The van der Waals surface area contributed by atoms with Gasteiger partial charge in [-0.25, -0.2) is 0 Å². The fourth-order valence-corrected chi connectivity index (χ4v) is 3.67. The van der Waals surface area contributed by atoms with Crippen LogP contribution in [0, 0.1) is 13.8 Å². The van der Waals surface area contributed by atoms with Gasteiger partial charge in [-0.05, 0) is 38.0 Å². The lowest BCUT2D eigenvalue weighted by Gasteiger charge is -2.25. The Morgan fingerprint density at radius 3 is 3.00 bits per heavy atom. The van der Waals surface area contributed by atoms with Gasteiger partial charge in [-0.3, -0.25) is 14.5 Å². The van der Waals surface area contributed by atoms with E-state index in [4.69, 9.17) is 4.74 Å². The monoisotopic (exact) mass is 364 g/mol. The van der Waals surface area contributed by atoms with Crippen LogP contribution in [0.25, 0.3) is 10.9 Å². The Bertz CT molecular complexity index is 952. The second-order valence-electron chi connectivity index (χ2n) is 7.11. The molecular formula is C21H24N4O2.